The average Bonchev–Trinajstić information content (AvgIpc) is 2.44. The fourth-order valence-electron chi connectivity index (χ4n) is 4.02. The summed E-state index contributed by atoms with van der Waals surface area (Å²) in [5.74, 6) is 0.129. The van der Waals surface area contributed by atoms with Crippen LogP contribution >= 0.6 is 0 Å². The molecule has 126 valence electrons. The van der Waals surface area contributed by atoms with E-state index >= 15 is 0 Å². The minimum absolute atomic E-state index is 0.106. The van der Waals surface area contributed by atoms with Gasteiger partial charge >= 0.3 is 6.18 Å². The summed E-state index contributed by atoms with van der Waals surface area (Å²) < 4.78 is 39.4. The van der Waals surface area contributed by atoms with Gasteiger partial charge in [0, 0.05) is 0 Å². The summed E-state index contributed by atoms with van der Waals surface area (Å²) in [6, 6.07) is 5.10. The molecule has 1 fully saturated rings. The van der Waals surface area contributed by atoms with Gasteiger partial charge in [-0.1, -0.05) is 39.7 Å². The topological polar surface area (TPSA) is 44.0 Å². The largest absolute Gasteiger partial charge is 0.417 e. The second-order valence-corrected chi connectivity index (χ2v) is 7.24. The van der Waals surface area contributed by atoms with Crippen LogP contribution in [0.4, 0.5) is 13.2 Å². The number of hydrogen-bond donors (Lipinski definition) is 1. The number of nitrogens with zero attached hydrogens (tertiary/aromatic N) is 1. The number of aliphatic hydroxyl groups is 1. The van der Waals surface area contributed by atoms with Crippen LogP contribution in [0.5, 0.6) is 0 Å². The summed E-state index contributed by atoms with van der Waals surface area (Å²) in [5.41, 5.74) is -1.28. The Morgan fingerprint density at radius 1 is 1.35 bits per heavy atom. The molecule has 0 bridgehead atoms. The molecule has 5 heteroatoms. The molecule has 2 rings (SSSR count). The number of alkyl halides is 3. The van der Waals surface area contributed by atoms with Crippen molar-refractivity contribution in [2.45, 2.75) is 52.3 Å². The summed E-state index contributed by atoms with van der Waals surface area (Å²) in [6.07, 6.45) is -2.59. The number of aliphatic hydroxyl groups excluding tert-OH is 1. The fourth-order valence-corrected chi connectivity index (χ4v) is 4.02. The van der Waals surface area contributed by atoms with Crippen molar-refractivity contribution in [2.75, 3.05) is 0 Å². The third-order valence-electron chi connectivity index (χ3n) is 5.15. The van der Waals surface area contributed by atoms with E-state index in [2.05, 4.69) is 13.8 Å². The number of nitriles is 1. The molecule has 1 aliphatic rings. The first kappa shape index (κ1) is 17.8. The normalized spacial score (nSPS) is 25.7. The molecule has 0 saturated heterocycles. The lowest BCUT2D eigenvalue weighted by Crippen LogP contribution is -2.38. The Morgan fingerprint density at radius 3 is 2.52 bits per heavy atom. The van der Waals surface area contributed by atoms with Gasteiger partial charge in [0.15, 0.2) is 0 Å². The van der Waals surface area contributed by atoms with Crippen LogP contribution in [0.25, 0.3) is 0 Å². The predicted molar refractivity (Wildman–Crippen MR) is 81.4 cm³/mol. The standard InChI is InChI=1S/C18H22F3NO/c1-11-5-4-8-17(2,3)15(11)16(23)12-6-7-13(10-22)14(9-12)18(19,20)21/h6-7,9,11,15-16,23H,4-5,8H2,1-3H3/t11-,15-,16?/m0/s1. The first-order valence-electron chi connectivity index (χ1n) is 7.87. The number of benzene rings is 1. The van der Waals surface area contributed by atoms with E-state index < -0.39 is 23.4 Å². The third kappa shape index (κ3) is 3.53. The lowest BCUT2D eigenvalue weighted by atomic mass is 9.61. The maximum atomic E-state index is 13.1. The van der Waals surface area contributed by atoms with Gasteiger partial charge < -0.3 is 5.11 Å². The van der Waals surface area contributed by atoms with Gasteiger partial charge in [-0.05, 0) is 41.4 Å². The van der Waals surface area contributed by atoms with Gasteiger partial charge in [0.05, 0.1) is 23.3 Å². The summed E-state index contributed by atoms with van der Waals surface area (Å²) in [4.78, 5) is 0. The second-order valence-electron chi connectivity index (χ2n) is 7.24. The van der Waals surface area contributed by atoms with Crippen LogP contribution in [-0.4, -0.2) is 5.11 Å². The van der Waals surface area contributed by atoms with Gasteiger partial charge in [0.25, 0.3) is 0 Å². The van der Waals surface area contributed by atoms with Gasteiger partial charge in [-0.25, -0.2) is 0 Å². The van der Waals surface area contributed by atoms with Crippen molar-refractivity contribution in [1.82, 2.24) is 0 Å². The second kappa shape index (κ2) is 6.16. The highest BCUT2D eigenvalue weighted by Gasteiger charge is 2.42. The van der Waals surface area contributed by atoms with Crippen molar-refractivity contribution in [3.05, 3.63) is 34.9 Å². The molecule has 2 nitrogen and oxygen atoms in total. The molecule has 0 aliphatic heterocycles. The highest BCUT2D eigenvalue weighted by molar-refractivity contribution is 5.42. The molecule has 0 aromatic heterocycles. The molecule has 1 unspecified atom stereocenters. The number of halogens is 3. The van der Waals surface area contributed by atoms with E-state index in [4.69, 9.17) is 5.26 Å². The Morgan fingerprint density at radius 2 is 2.00 bits per heavy atom. The van der Waals surface area contributed by atoms with Crippen LogP contribution in [0.2, 0.25) is 0 Å². The molecule has 1 saturated carbocycles. The first-order valence-corrected chi connectivity index (χ1v) is 7.87. The predicted octanol–water partition coefficient (Wildman–Crippen LogP) is 5.07. The summed E-state index contributed by atoms with van der Waals surface area (Å²) >= 11 is 0. The van der Waals surface area contributed by atoms with Crippen LogP contribution in [0.15, 0.2) is 18.2 Å². The van der Waals surface area contributed by atoms with Gasteiger partial charge in [0.2, 0.25) is 0 Å². The Bertz CT molecular complexity index is 616. The van der Waals surface area contributed by atoms with Crippen molar-refractivity contribution in [3.8, 4) is 6.07 Å². The lowest BCUT2D eigenvalue weighted by Gasteiger charge is -2.45. The molecule has 0 amide bonds. The average molecular weight is 325 g/mol. The van der Waals surface area contributed by atoms with Crippen molar-refractivity contribution in [3.63, 3.8) is 0 Å². The van der Waals surface area contributed by atoms with Gasteiger partial charge in [0.1, 0.15) is 0 Å². The smallest absolute Gasteiger partial charge is 0.388 e. The van der Waals surface area contributed by atoms with E-state index in [1.807, 2.05) is 6.92 Å². The van der Waals surface area contributed by atoms with Crippen LogP contribution in [-0.2, 0) is 6.18 Å². The van der Waals surface area contributed by atoms with Crippen molar-refractivity contribution in [2.24, 2.45) is 17.3 Å². The molecule has 1 N–H and O–H groups in total. The van der Waals surface area contributed by atoms with Crippen LogP contribution in [0.1, 0.15) is 62.8 Å². The molecule has 23 heavy (non-hydrogen) atoms. The molecular weight excluding hydrogens is 303 g/mol. The molecule has 0 radical (unpaired) electrons. The molecule has 3 atom stereocenters. The summed E-state index contributed by atoms with van der Waals surface area (Å²) in [7, 11) is 0. The maximum absolute atomic E-state index is 13.1. The highest BCUT2D eigenvalue weighted by atomic mass is 19.4. The molecule has 0 heterocycles. The Balaban J connectivity index is 2.43. The number of rotatable bonds is 2. The minimum atomic E-state index is -4.60. The van der Waals surface area contributed by atoms with Crippen LogP contribution in [0, 0.1) is 28.6 Å². The summed E-state index contributed by atoms with van der Waals surface area (Å²) in [6.45, 7) is 6.17. The molecule has 0 spiro atoms. The van der Waals surface area contributed by atoms with Crippen molar-refractivity contribution in [1.29, 1.82) is 5.26 Å². The zero-order chi connectivity index (χ0) is 17.4. The van der Waals surface area contributed by atoms with Crippen LogP contribution < -0.4 is 0 Å². The van der Waals surface area contributed by atoms with E-state index in [-0.39, 0.29) is 22.8 Å². The van der Waals surface area contributed by atoms with Gasteiger partial charge in [-0.15, -0.1) is 0 Å². The molecule has 1 aromatic carbocycles. The maximum Gasteiger partial charge on any atom is 0.417 e. The minimum Gasteiger partial charge on any atom is -0.388 e. The van der Waals surface area contributed by atoms with Gasteiger partial charge in [-0.3, -0.25) is 0 Å². The van der Waals surface area contributed by atoms with E-state index in [0.29, 0.717) is 0 Å². The highest BCUT2D eigenvalue weighted by Crippen LogP contribution is 2.50. The molecular formula is C18H22F3NO. The Labute approximate surface area is 134 Å². The van der Waals surface area contributed by atoms with E-state index in [9.17, 15) is 18.3 Å². The zero-order valence-electron chi connectivity index (χ0n) is 13.6. The monoisotopic (exact) mass is 325 g/mol. The zero-order valence-corrected chi connectivity index (χ0v) is 13.6. The first-order chi connectivity index (χ1) is 10.6. The van der Waals surface area contributed by atoms with Crippen LogP contribution in [0.3, 0.4) is 0 Å². The third-order valence-corrected chi connectivity index (χ3v) is 5.15. The lowest BCUT2D eigenvalue weighted by molar-refractivity contribution is -0.137. The van der Waals surface area contributed by atoms with E-state index in [1.165, 1.54) is 6.07 Å². The fraction of sp³-hybridized carbons (Fsp3) is 0.611. The number of hydrogen-bond acceptors (Lipinski definition) is 2. The molecule has 1 aliphatic carbocycles. The Kier molecular flexibility index (Phi) is 4.77. The van der Waals surface area contributed by atoms with E-state index in [1.54, 1.807) is 6.07 Å². The van der Waals surface area contributed by atoms with Crippen molar-refractivity contribution >= 4 is 0 Å². The van der Waals surface area contributed by atoms with E-state index in [0.717, 1.165) is 31.4 Å². The quantitative estimate of drug-likeness (QED) is 0.824. The van der Waals surface area contributed by atoms with Gasteiger partial charge in [-0.2, -0.15) is 18.4 Å². The SMILES string of the molecule is C[C@H]1CCCC(C)(C)[C@@H]1C(O)c1ccc(C#N)c(C(F)(F)F)c1. The Hall–Kier alpha value is -1.54. The summed E-state index contributed by atoms with van der Waals surface area (Å²) in [5, 5.41) is 19.6. The van der Waals surface area contributed by atoms with Crippen molar-refractivity contribution < 1.29 is 18.3 Å². The molecule has 1 aromatic rings.